The van der Waals surface area contributed by atoms with E-state index in [1.807, 2.05) is 13.0 Å². The normalized spacial score (nSPS) is 9.80. The van der Waals surface area contributed by atoms with Crippen LogP contribution in [0.15, 0.2) is 12.3 Å². The highest BCUT2D eigenvalue weighted by Crippen LogP contribution is 2.16. The molecular formula is C7H9BrN2. The maximum absolute atomic E-state index is 5.70. The van der Waals surface area contributed by atoms with Crippen LogP contribution in [0.25, 0.3) is 0 Å². The van der Waals surface area contributed by atoms with Gasteiger partial charge >= 0.3 is 0 Å². The van der Waals surface area contributed by atoms with E-state index in [0.29, 0.717) is 0 Å². The Bertz CT molecular complexity index is 235. The van der Waals surface area contributed by atoms with Crippen LogP contribution in [0.4, 0.5) is 5.69 Å². The second kappa shape index (κ2) is 3.01. The molecule has 54 valence electrons. The third-order valence-corrected chi connectivity index (χ3v) is 2.03. The number of aromatic nitrogens is 1. The zero-order valence-electron chi connectivity index (χ0n) is 5.76. The number of hydrogen-bond donors (Lipinski definition) is 1. The van der Waals surface area contributed by atoms with E-state index in [4.69, 9.17) is 5.73 Å². The van der Waals surface area contributed by atoms with Crippen LogP contribution in [0.1, 0.15) is 11.3 Å². The average molecular weight is 201 g/mol. The van der Waals surface area contributed by atoms with E-state index < -0.39 is 0 Å². The Morgan fingerprint density at radius 1 is 1.70 bits per heavy atom. The van der Waals surface area contributed by atoms with Crippen molar-refractivity contribution in [3.05, 3.63) is 23.5 Å². The van der Waals surface area contributed by atoms with Gasteiger partial charge in [0.25, 0.3) is 0 Å². The van der Waals surface area contributed by atoms with Crippen molar-refractivity contribution in [3.8, 4) is 0 Å². The molecular weight excluding hydrogens is 192 g/mol. The Morgan fingerprint density at radius 3 is 2.90 bits per heavy atom. The lowest BCUT2D eigenvalue weighted by atomic mass is 10.2. The van der Waals surface area contributed by atoms with Gasteiger partial charge in [0.1, 0.15) is 0 Å². The number of rotatable bonds is 1. The fourth-order valence-electron chi connectivity index (χ4n) is 0.747. The molecule has 0 bridgehead atoms. The predicted octanol–water partition coefficient (Wildman–Crippen LogP) is 1.87. The number of anilines is 1. The number of pyridine rings is 1. The molecule has 1 aromatic heterocycles. The molecule has 0 radical (unpaired) electrons. The van der Waals surface area contributed by atoms with Crippen LogP contribution in [-0.2, 0) is 5.33 Å². The Kier molecular flexibility index (Phi) is 2.27. The van der Waals surface area contributed by atoms with Gasteiger partial charge in [-0.2, -0.15) is 0 Å². The van der Waals surface area contributed by atoms with Gasteiger partial charge in [-0.15, -0.1) is 0 Å². The molecule has 2 N–H and O–H groups in total. The van der Waals surface area contributed by atoms with Crippen LogP contribution >= 0.6 is 15.9 Å². The monoisotopic (exact) mass is 200 g/mol. The van der Waals surface area contributed by atoms with Crippen molar-refractivity contribution in [2.75, 3.05) is 5.73 Å². The van der Waals surface area contributed by atoms with Gasteiger partial charge < -0.3 is 5.73 Å². The number of alkyl halides is 1. The maximum Gasteiger partial charge on any atom is 0.0604 e. The lowest BCUT2D eigenvalue weighted by molar-refractivity contribution is 1.18. The largest absolute Gasteiger partial charge is 0.397 e. The summed E-state index contributed by atoms with van der Waals surface area (Å²) in [5.41, 5.74) is 8.50. The Labute approximate surface area is 68.6 Å². The van der Waals surface area contributed by atoms with Crippen molar-refractivity contribution in [1.82, 2.24) is 4.98 Å². The summed E-state index contributed by atoms with van der Waals surface area (Å²) >= 11 is 3.33. The van der Waals surface area contributed by atoms with Gasteiger partial charge in [0, 0.05) is 11.5 Å². The topological polar surface area (TPSA) is 38.9 Å². The minimum Gasteiger partial charge on any atom is -0.397 e. The van der Waals surface area contributed by atoms with E-state index in [9.17, 15) is 0 Å². The second-order valence-electron chi connectivity index (χ2n) is 2.10. The van der Waals surface area contributed by atoms with Gasteiger partial charge in [-0.3, -0.25) is 4.98 Å². The summed E-state index contributed by atoms with van der Waals surface area (Å²) in [5.74, 6) is 0. The Morgan fingerprint density at radius 2 is 2.40 bits per heavy atom. The minimum absolute atomic E-state index is 0.791. The first-order chi connectivity index (χ1) is 4.75. The van der Waals surface area contributed by atoms with E-state index in [1.165, 1.54) is 0 Å². The van der Waals surface area contributed by atoms with Gasteiger partial charge in [0.2, 0.25) is 0 Å². The zero-order chi connectivity index (χ0) is 7.56. The van der Waals surface area contributed by atoms with Gasteiger partial charge in [-0.25, -0.2) is 0 Å². The highest BCUT2D eigenvalue weighted by molar-refractivity contribution is 9.08. The van der Waals surface area contributed by atoms with Crippen molar-refractivity contribution < 1.29 is 0 Å². The molecule has 0 atom stereocenters. The summed E-state index contributed by atoms with van der Waals surface area (Å²) in [6.45, 7) is 1.90. The van der Waals surface area contributed by atoms with Gasteiger partial charge in [0.15, 0.2) is 0 Å². The van der Waals surface area contributed by atoms with Crippen LogP contribution in [0, 0.1) is 6.92 Å². The molecule has 0 unspecified atom stereocenters. The second-order valence-corrected chi connectivity index (χ2v) is 2.66. The van der Waals surface area contributed by atoms with Crippen LogP contribution < -0.4 is 5.73 Å². The molecule has 0 aliphatic heterocycles. The highest BCUT2D eigenvalue weighted by atomic mass is 79.9. The molecule has 10 heavy (non-hydrogen) atoms. The standard InChI is InChI=1S/C7H9BrN2/c1-5-7(9)6(4-8)2-3-10-5/h2-3H,4,9H2,1H3. The lowest BCUT2D eigenvalue weighted by Crippen LogP contribution is -1.96. The SMILES string of the molecule is Cc1nccc(CBr)c1N. The smallest absolute Gasteiger partial charge is 0.0604 e. The van der Waals surface area contributed by atoms with E-state index in [2.05, 4.69) is 20.9 Å². The van der Waals surface area contributed by atoms with Crippen molar-refractivity contribution >= 4 is 21.6 Å². The molecule has 0 saturated heterocycles. The first kappa shape index (κ1) is 7.54. The van der Waals surface area contributed by atoms with Gasteiger partial charge in [0.05, 0.1) is 11.4 Å². The first-order valence-corrected chi connectivity index (χ1v) is 4.13. The third-order valence-electron chi connectivity index (χ3n) is 1.42. The van der Waals surface area contributed by atoms with Gasteiger partial charge in [-0.1, -0.05) is 15.9 Å². The van der Waals surface area contributed by atoms with E-state index in [-0.39, 0.29) is 0 Å². The van der Waals surface area contributed by atoms with E-state index in [0.717, 1.165) is 22.3 Å². The van der Waals surface area contributed by atoms with Gasteiger partial charge in [-0.05, 0) is 18.6 Å². The van der Waals surface area contributed by atoms with Crippen molar-refractivity contribution in [2.24, 2.45) is 0 Å². The molecule has 0 amide bonds. The van der Waals surface area contributed by atoms with E-state index in [1.54, 1.807) is 6.20 Å². The Hall–Kier alpha value is -0.570. The van der Waals surface area contributed by atoms with Crippen LogP contribution in [0.2, 0.25) is 0 Å². The summed E-state index contributed by atoms with van der Waals surface area (Å²) in [6.07, 6.45) is 1.77. The summed E-state index contributed by atoms with van der Waals surface area (Å²) in [5, 5.41) is 0.794. The number of nitrogens with two attached hydrogens (primary N) is 1. The summed E-state index contributed by atoms with van der Waals surface area (Å²) in [4.78, 5) is 4.04. The van der Waals surface area contributed by atoms with Crippen LogP contribution in [0.5, 0.6) is 0 Å². The Balaban J connectivity index is 3.14. The minimum atomic E-state index is 0.791. The highest BCUT2D eigenvalue weighted by Gasteiger charge is 1.98. The molecule has 1 heterocycles. The number of nitrogens with zero attached hydrogens (tertiary/aromatic N) is 1. The number of aryl methyl sites for hydroxylation is 1. The van der Waals surface area contributed by atoms with Crippen molar-refractivity contribution in [1.29, 1.82) is 0 Å². The van der Waals surface area contributed by atoms with E-state index >= 15 is 0 Å². The molecule has 0 spiro atoms. The zero-order valence-corrected chi connectivity index (χ0v) is 7.35. The van der Waals surface area contributed by atoms with Crippen molar-refractivity contribution in [2.45, 2.75) is 12.3 Å². The lowest BCUT2D eigenvalue weighted by Gasteiger charge is -2.02. The first-order valence-electron chi connectivity index (χ1n) is 3.01. The predicted molar refractivity (Wildman–Crippen MR) is 46.0 cm³/mol. The molecule has 1 rings (SSSR count). The summed E-state index contributed by atoms with van der Waals surface area (Å²) in [6, 6.07) is 1.91. The molecule has 1 aromatic rings. The fourth-order valence-corrected chi connectivity index (χ4v) is 1.24. The molecule has 0 fully saturated rings. The average Bonchev–Trinajstić information content (AvgIpc) is 1.95. The number of nitrogen functional groups attached to an aromatic ring is 1. The molecule has 3 heteroatoms. The molecule has 0 aliphatic rings. The fraction of sp³-hybridized carbons (Fsp3) is 0.286. The molecule has 0 saturated carbocycles. The summed E-state index contributed by atoms with van der Waals surface area (Å²) in [7, 11) is 0. The number of hydrogen-bond acceptors (Lipinski definition) is 2. The molecule has 0 aliphatic carbocycles. The summed E-state index contributed by atoms with van der Waals surface area (Å²) < 4.78 is 0. The quantitative estimate of drug-likeness (QED) is 0.704. The molecule has 2 nitrogen and oxygen atoms in total. The van der Waals surface area contributed by atoms with Crippen LogP contribution in [-0.4, -0.2) is 4.98 Å². The third kappa shape index (κ3) is 1.29. The molecule has 0 aromatic carbocycles. The van der Waals surface area contributed by atoms with Crippen LogP contribution in [0.3, 0.4) is 0 Å². The van der Waals surface area contributed by atoms with Crippen molar-refractivity contribution in [3.63, 3.8) is 0 Å². The maximum atomic E-state index is 5.70. The number of halogens is 1.